The van der Waals surface area contributed by atoms with Crippen LogP contribution in [0.25, 0.3) is 0 Å². The van der Waals surface area contributed by atoms with Crippen molar-refractivity contribution in [3.8, 4) is 5.75 Å². The molecule has 0 unspecified atom stereocenters. The highest BCUT2D eigenvalue weighted by Gasteiger charge is 2.18. The van der Waals surface area contributed by atoms with Crippen LogP contribution in [0, 0.1) is 6.92 Å². The lowest BCUT2D eigenvalue weighted by Crippen LogP contribution is -2.29. The summed E-state index contributed by atoms with van der Waals surface area (Å²) in [4.78, 5) is 23.6. The van der Waals surface area contributed by atoms with Crippen LogP contribution in [0.2, 0.25) is 0 Å². The smallest absolute Gasteiger partial charge is 0.344 e. The first-order chi connectivity index (χ1) is 13.6. The van der Waals surface area contributed by atoms with Crippen molar-refractivity contribution in [2.75, 3.05) is 24.7 Å². The summed E-state index contributed by atoms with van der Waals surface area (Å²) in [7, 11) is 0. The number of carbonyl (C=O) groups is 2. The van der Waals surface area contributed by atoms with Crippen molar-refractivity contribution in [3.05, 3.63) is 65.2 Å². The van der Waals surface area contributed by atoms with Gasteiger partial charge in [0.1, 0.15) is 5.75 Å². The van der Waals surface area contributed by atoms with Crippen LogP contribution in [0.3, 0.4) is 0 Å². The first-order valence-electron chi connectivity index (χ1n) is 9.04. The van der Waals surface area contributed by atoms with Crippen molar-refractivity contribution in [1.29, 1.82) is 0 Å². The van der Waals surface area contributed by atoms with Gasteiger partial charge in [-0.3, -0.25) is 4.79 Å². The van der Waals surface area contributed by atoms with Gasteiger partial charge >= 0.3 is 5.97 Å². The van der Waals surface area contributed by atoms with E-state index in [0.717, 1.165) is 11.1 Å². The summed E-state index contributed by atoms with van der Waals surface area (Å²) in [5.74, 6) is 2.05. The normalized spacial score (nSPS) is 13.9. The third-order valence-corrected chi connectivity index (χ3v) is 7.34. The fraction of sp³-hybridized carbons (Fsp3) is 0.333. The van der Waals surface area contributed by atoms with Crippen molar-refractivity contribution < 1.29 is 19.1 Å². The molecule has 0 atom stereocenters. The number of ether oxygens (including phenoxy) is 2. The zero-order chi connectivity index (χ0) is 19.8. The fourth-order valence-corrected chi connectivity index (χ4v) is 5.51. The minimum Gasteiger partial charge on any atom is -0.482 e. The molecule has 148 valence electrons. The molecule has 1 saturated heterocycles. The molecule has 1 amide bonds. The molecular formula is C21H23NO4S2. The van der Waals surface area contributed by atoms with Gasteiger partial charge in [0.2, 0.25) is 0 Å². The molecule has 0 saturated carbocycles. The summed E-state index contributed by atoms with van der Waals surface area (Å²) < 4.78 is 10.9. The Labute approximate surface area is 173 Å². The topological polar surface area (TPSA) is 64.6 Å². The van der Waals surface area contributed by atoms with E-state index in [-0.39, 0.29) is 19.1 Å². The van der Waals surface area contributed by atoms with E-state index in [0.29, 0.717) is 16.9 Å². The number of carbonyl (C=O) groups excluding carboxylic acids is 2. The summed E-state index contributed by atoms with van der Waals surface area (Å²) in [6, 6.07) is 15.6. The molecule has 0 aromatic heterocycles. The van der Waals surface area contributed by atoms with Crippen LogP contribution in [0.5, 0.6) is 5.75 Å². The predicted molar refractivity (Wildman–Crippen MR) is 114 cm³/mol. The molecule has 5 nitrogen and oxygen atoms in total. The van der Waals surface area contributed by atoms with Crippen LogP contribution < -0.4 is 10.1 Å². The fourth-order valence-electron chi connectivity index (χ4n) is 2.66. The zero-order valence-electron chi connectivity index (χ0n) is 15.7. The van der Waals surface area contributed by atoms with Gasteiger partial charge in [0, 0.05) is 18.1 Å². The highest BCUT2D eigenvalue weighted by molar-refractivity contribution is 8.19. The SMILES string of the molecule is Cc1ccccc1CNC(=O)COC(=O)COc1ccc(C2SCCS2)cc1. The largest absolute Gasteiger partial charge is 0.482 e. The molecule has 1 N–H and O–H groups in total. The molecule has 3 rings (SSSR count). The number of hydrogen-bond donors (Lipinski definition) is 1. The van der Waals surface area contributed by atoms with Crippen LogP contribution in [0.4, 0.5) is 0 Å². The highest BCUT2D eigenvalue weighted by atomic mass is 32.2. The number of benzene rings is 2. The van der Waals surface area contributed by atoms with E-state index in [2.05, 4.69) is 5.32 Å². The Balaban J connectivity index is 1.35. The molecule has 2 aromatic rings. The third-order valence-electron chi connectivity index (χ3n) is 4.23. The lowest BCUT2D eigenvalue weighted by molar-refractivity contribution is -0.150. The molecule has 0 aliphatic carbocycles. The summed E-state index contributed by atoms with van der Waals surface area (Å²) >= 11 is 3.88. The van der Waals surface area contributed by atoms with E-state index in [1.165, 1.54) is 17.1 Å². The maximum atomic E-state index is 11.8. The van der Waals surface area contributed by atoms with Crippen LogP contribution in [-0.4, -0.2) is 36.6 Å². The van der Waals surface area contributed by atoms with Crippen LogP contribution in [-0.2, 0) is 20.9 Å². The molecule has 0 spiro atoms. The highest BCUT2D eigenvalue weighted by Crippen LogP contribution is 2.45. The van der Waals surface area contributed by atoms with E-state index >= 15 is 0 Å². The maximum Gasteiger partial charge on any atom is 0.344 e. The second-order valence-corrected chi connectivity index (χ2v) is 9.02. The molecule has 7 heteroatoms. The minimum atomic E-state index is -0.572. The Bertz CT molecular complexity index is 804. The van der Waals surface area contributed by atoms with Gasteiger partial charge in [-0.2, -0.15) is 0 Å². The number of rotatable bonds is 8. The van der Waals surface area contributed by atoms with Gasteiger partial charge in [0.15, 0.2) is 13.2 Å². The number of esters is 1. The molecule has 0 bridgehead atoms. The Hall–Kier alpha value is -2.12. The van der Waals surface area contributed by atoms with Crippen molar-refractivity contribution in [2.45, 2.75) is 18.1 Å². The number of hydrogen-bond acceptors (Lipinski definition) is 6. The summed E-state index contributed by atoms with van der Waals surface area (Å²) in [5.41, 5.74) is 3.39. The van der Waals surface area contributed by atoms with Crippen molar-refractivity contribution in [1.82, 2.24) is 5.32 Å². The van der Waals surface area contributed by atoms with Crippen molar-refractivity contribution in [3.63, 3.8) is 0 Å². The van der Waals surface area contributed by atoms with Gasteiger partial charge in [0.25, 0.3) is 5.91 Å². The Morgan fingerprint density at radius 2 is 1.75 bits per heavy atom. The quantitative estimate of drug-likeness (QED) is 0.661. The maximum absolute atomic E-state index is 11.8. The van der Waals surface area contributed by atoms with E-state index in [1.807, 2.05) is 79.0 Å². The monoisotopic (exact) mass is 417 g/mol. The number of nitrogens with one attached hydrogen (secondary N) is 1. The number of aryl methyl sites for hydroxylation is 1. The van der Waals surface area contributed by atoms with Gasteiger partial charge in [-0.05, 0) is 35.7 Å². The Kier molecular flexibility index (Phi) is 7.68. The van der Waals surface area contributed by atoms with Crippen molar-refractivity contribution in [2.24, 2.45) is 0 Å². The molecule has 1 fully saturated rings. The first kappa shape index (κ1) is 20.6. The molecule has 0 radical (unpaired) electrons. The van der Waals surface area contributed by atoms with E-state index in [4.69, 9.17) is 9.47 Å². The molecule has 1 aliphatic heterocycles. The van der Waals surface area contributed by atoms with Crippen molar-refractivity contribution >= 4 is 35.4 Å². The molecule has 2 aromatic carbocycles. The third kappa shape index (κ3) is 6.21. The van der Waals surface area contributed by atoms with Gasteiger partial charge in [-0.15, -0.1) is 23.5 Å². The molecular weight excluding hydrogens is 394 g/mol. The zero-order valence-corrected chi connectivity index (χ0v) is 17.3. The Morgan fingerprint density at radius 3 is 2.46 bits per heavy atom. The predicted octanol–water partition coefficient (Wildman–Crippen LogP) is 3.71. The summed E-state index contributed by atoms with van der Waals surface area (Å²) in [6.07, 6.45) is 0. The van der Waals surface area contributed by atoms with E-state index in [9.17, 15) is 9.59 Å². The lowest BCUT2D eigenvalue weighted by atomic mass is 10.1. The van der Waals surface area contributed by atoms with Gasteiger partial charge < -0.3 is 14.8 Å². The van der Waals surface area contributed by atoms with Crippen LogP contribution in [0.1, 0.15) is 21.3 Å². The average Bonchev–Trinajstić information content (AvgIpc) is 3.25. The van der Waals surface area contributed by atoms with E-state index < -0.39 is 5.97 Å². The summed E-state index contributed by atoms with van der Waals surface area (Å²) in [5, 5.41) is 2.74. The molecule has 1 heterocycles. The van der Waals surface area contributed by atoms with Crippen LogP contribution >= 0.6 is 23.5 Å². The van der Waals surface area contributed by atoms with E-state index in [1.54, 1.807) is 0 Å². The second-order valence-electron chi connectivity index (χ2n) is 6.30. The molecule has 28 heavy (non-hydrogen) atoms. The standard InChI is InChI=1S/C21H23NO4S2/c1-15-4-2-3-5-17(15)12-22-19(23)13-26-20(24)14-25-18-8-6-16(7-9-18)21-27-10-11-28-21/h2-9,21H,10-14H2,1H3,(H,22,23). The van der Waals surface area contributed by atoms with Gasteiger partial charge in [0.05, 0.1) is 4.58 Å². The average molecular weight is 418 g/mol. The van der Waals surface area contributed by atoms with Gasteiger partial charge in [-0.1, -0.05) is 36.4 Å². The summed E-state index contributed by atoms with van der Waals surface area (Å²) in [6.45, 7) is 1.85. The number of amides is 1. The van der Waals surface area contributed by atoms with Crippen LogP contribution in [0.15, 0.2) is 48.5 Å². The molecule has 1 aliphatic rings. The number of thioether (sulfide) groups is 2. The second kappa shape index (κ2) is 10.4. The minimum absolute atomic E-state index is 0.225. The first-order valence-corrected chi connectivity index (χ1v) is 11.1. The van der Waals surface area contributed by atoms with Gasteiger partial charge in [-0.25, -0.2) is 4.79 Å². The Morgan fingerprint density at radius 1 is 1.04 bits per heavy atom. The lowest BCUT2D eigenvalue weighted by Gasteiger charge is -2.11.